The molecule has 0 aliphatic carbocycles. The molecule has 1 fully saturated rings. The van der Waals surface area contributed by atoms with Gasteiger partial charge in [0.05, 0.1) is 12.3 Å². The van der Waals surface area contributed by atoms with Gasteiger partial charge in [0.15, 0.2) is 0 Å². The normalized spacial score (nSPS) is 17.9. The zero-order valence-electron chi connectivity index (χ0n) is 16.1. The summed E-state index contributed by atoms with van der Waals surface area (Å²) >= 11 is 7.36. The number of carboxylic acids is 1. The highest BCUT2D eigenvalue weighted by Crippen LogP contribution is 2.25. The summed E-state index contributed by atoms with van der Waals surface area (Å²) in [7, 11) is 0. The number of nitrogens with one attached hydrogen (secondary N) is 1. The number of halogens is 1. The van der Waals surface area contributed by atoms with Gasteiger partial charge >= 0.3 is 12.1 Å². The minimum Gasteiger partial charge on any atom is -0.481 e. The second-order valence-corrected chi connectivity index (χ2v) is 8.99. The molecular weight excluding hydrogens is 404 g/mol. The van der Waals surface area contributed by atoms with Crippen LogP contribution < -0.4 is 5.32 Å². The number of carbonyl (C=O) groups is 3. The van der Waals surface area contributed by atoms with E-state index >= 15 is 0 Å². The third-order valence-electron chi connectivity index (χ3n) is 4.10. The fourth-order valence-corrected chi connectivity index (χ4v) is 4.02. The Kier molecular flexibility index (Phi) is 7.60. The lowest BCUT2D eigenvalue weighted by molar-refractivity contribution is -0.137. The Morgan fingerprint density at radius 3 is 2.54 bits per heavy atom. The van der Waals surface area contributed by atoms with Gasteiger partial charge in [-0.3, -0.25) is 14.5 Å². The first-order chi connectivity index (χ1) is 13.1. The van der Waals surface area contributed by atoms with Gasteiger partial charge in [-0.15, -0.1) is 11.8 Å². The van der Waals surface area contributed by atoms with Crippen LogP contribution in [0.3, 0.4) is 0 Å². The molecule has 1 aromatic carbocycles. The minimum absolute atomic E-state index is 0.128. The Balaban J connectivity index is 2.01. The number of hydrogen-bond acceptors (Lipinski definition) is 5. The van der Waals surface area contributed by atoms with Gasteiger partial charge in [-0.1, -0.05) is 23.7 Å². The number of hydrogen-bond donors (Lipinski definition) is 2. The molecule has 1 aliphatic rings. The molecule has 0 bridgehead atoms. The lowest BCUT2D eigenvalue weighted by atomic mass is 9.95. The van der Waals surface area contributed by atoms with E-state index in [4.69, 9.17) is 16.3 Å². The van der Waals surface area contributed by atoms with Crippen molar-refractivity contribution in [2.75, 3.05) is 18.2 Å². The molecule has 2 N–H and O–H groups in total. The van der Waals surface area contributed by atoms with Crippen molar-refractivity contribution >= 4 is 41.3 Å². The van der Waals surface area contributed by atoms with Crippen LogP contribution in [0.15, 0.2) is 24.3 Å². The van der Waals surface area contributed by atoms with Gasteiger partial charge in [0.1, 0.15) is 11.6 Å². The van der Waals surface area contributed by atoms with Crippen molar-refractivity contribution in [1.82, 2.24) is 10.2 Å². The van der Waals surface area contributed by atoms with Gasteiger partial charge in [-0.05, 0) is 38.5 Å². The van der Waals surface area contributed by atoms with Gasteiger partial charge < -0.3 is 15.2 Å². The first kappa shape index (κ1) is 22.4. The molecule has 0 spiro atoms. The van der Waals surface area contributed by atoms with Gasteiger partial charge in [0.2, 0.25) is 5.91 Å². The molecule has 2 amide bonds. The van der Waals surface area contributed by atoms with Crippen LogP contribution in [0.25, 0.3) is 0 Å². The molecule has 1 heterocycles. The Morgan fingerprint density at radius 1 is 1.32 bits per heavy atom. The van der Waals surface area contributed by atoms with E-state index in [1.54, 1.807) is 45.0 Å². The zero-order chi connectivity index (χ0) is 20.9. The van der Waals surface area contributed by atoms with Crippen LogP contribution in [0.1, 0.15) is 38.7 Å². The monoisotopic (exact) mass is 428 g/mol. The average molecular weight is 429 g/mol. The number of amides is 2. The number of rotatable bonds is 6. The molecule has 154 valence electrons. The predicted molar refractivity (Wildman–Crippen MR) is 109 cm³/mol. The second kappa shape index (κ2) is 9.52. The van der Waals surface area contributed by atoms with E-state index in [1.807, 2.05) is 0 Å². The summed E-state index contributed by atoms with van der Waals surface area (Å²) in [6, 6.07) is 6.23. The number of carboxylic acid groups (broad SMARTS) is 1. The van der Waals surface area contributed by atoms with Crippen LogP contribution in [0.4, 0.5) is 4.79 Å². The van der Waals surface area contributed by atoms with Gasteiger partial charge in [-0.25, -0.2) is 4.79 Å². The highest BCUT2D eigenvalue weighted by molar-refractivity contribution is 7.99. The summed E-state index contributed by atoms with van der Waals surface area (Å²) in [5.41, 5.74) is 0.129. The standard InChI is InChI=1S/C19H25ClN2O5S/c1-19(2,3)27-18(26)22-11-28-10-15(22)17(25)21-9-13(8-16(23)24)12-4-6-14(20)7-5-12/h4-7,13,15H,8-11H2,1-3H3,(H,21,25)(H,23,24)/t13-,15-/m0/s1. The lowest BCUT2D eigenvalue weighted by Crippen LogP contribution is -2.49. The quantitative estimate of drug-likeness (QED) is 0.721. The largest absolute Gasteiger partial charge is 0.481 e. The lowest BCUT2D eigenvalue weighted by Gasteiger charge is -2.27. The molecule has 2 rings (SSSR count). The third-order valence-corrected chi connectivity index (χ3v) is 5.36. The molecule has 0 aromatic heterocycles. The molecule has 1 saturated heterocycles. The van der Waals surface area contributed by atoms with E-state index in [0.29, 0.717) is 16.7 Å². The van der Waals surface area contributed by atoms with E-state index in [-0.39, 0.29) is 18.9 Å². The SMILES string of the molecule is CC(C)(C)OC(=O)N1CSC[C@H]1C(=O)NC[C@H](CC(=O)O)c1ccc(Cl)cc1. The van der Waals surface area contributed by atoms with Crippen molar-refractivity contribution < 1.29 is 24.2 Å². The summed E-state index contributed by atoms with van der Waals surface area (Å²) in [4.78, 5) is 37.6. The summed E-state index contributed by atoms with van der Waals surface area (Å²) < 4.78 is 5.36. The predicted octanol–water partition coefficient (Wildman–Crippen LogP) is 3.32. The molecule has 7 nitrogen and oxygen atoms in total. The van der Waals surface area contributed by atoms with Crippen molar-refractivity contribution in [3.05, 3.63) is 34.9 Å². The van der Waals surface area contributed by atoms with E-state index in [2.05, 4.69) is 5.32 Å². The first-order valence-corrected chi connectivity index (χ1v) is 10.4. The maximum absolute atomic E-state index is 12.7. The highest BCUT2D eigenvalue weighted by atomic mass is 35.5. The number of benzene rings is 1. The van der Waals surface area contributed by atoms with Crippen LogP contribution in [0.2, 0.25) is 5.02 Å². The number of aliphatic carboxylic acids is 1. The highest BCUT2D eigenvalue weighted by Gasteiger charge is 2.37. The zero-order valence-corrected chi connectivity index (χ0v) is 17.7. The summed E-state index contributed by atoms with van der Waals surface area (Å²) in [5, 5.41) is 12.5. The molecule has 0 radical (unpaired) electrons. The second-order valence-electron chi connectivity index (χ2n) is 7.56. The number of ether oxygens (including phenoxy) is 1. The van der Waals surface area contributed by atoms with Gasteiger partial charge in [0, 0.05) is 23.2 Å². The maximum Gasteiger partial charge on any atom is 0.411 e. The Bertz CT molecular complexity index is 720. The third kappa shape index (κ3) is 6.60. The minimum atomic E-state index is -0.957. The first-order valence-electron chi connectivity index (χ1n) is 8.89. The van der Waals surface area contributed by atoms with Crippen LogP contribution >= 0.6 is 23.4 Å². The number of thioether (sulfide) groups is 1. The Morgan fingerprint density at radius 2 is 1.96 bits per heavy atom. The van der Waals surface area contributed by atoms with Crippen LogP contribution in [-0.2, 0) is 14.3 Å². The molecule has 0 saturated carbocycles. The Labute approximate surface area is 173 Å². The maximum atomic E-state index is 12.7. The van der Waals surface area contributed by atoms with Crippen LogP contribution in [0, 0.1) is 0 Å². The van der Waals surface area contributed by atoms with E-state index in [0.717, 1.165) is 5.56 Å². The van der Waals surface area contributed by atoms with Crippen LogP contribution in [0.5, 0.6) is 0 Å². The molecule has 1 aromatic rings. The average Bonchev–Trinajstić information content (AvgIpc) is 3.07. The smallest absolute Gasteiger partial charge is 0.411 e. The van der Waals surface area contributed by atoms with Crippen molar-refractivity contribution in [3.63, 3.8) is 0 Å². The number of nitrogens with zero attached hydrogens (tertiary/aromatic N) is 1. The van der Waals surface area contributed by atoms with Gasteiger partial charge in [-0.2, -0.15) is 0 Å². The van der Waals surface area contributed by atoms with Gasteiger partial charge in [0.25, 0.3) is 0 Å². The molecule has 2 atom stereocenters. The van der Waals surface area contributed by atoms with Crippen molar-refractivity contribution in [1.29, 1.82) is 0 Å². The van der Waals surface area contributed by atoms with Crippen LogP contribution in [-0.4, -0.2) is 57.8 Å². The van der Waals surface area contributed by atoms with Crippen molar-refractivity contribution in [2.45, 2.75) is 44.8 Å². The van der Waals surface area contributed by atoms with Crippen molar-refractivity contribution in [2.24, 2.45) is 0 Å². The summed E-state index contributed by atoms with van der Waals surface area (Å²) in [5.74, 6) is -0.831. The molecule has 0 unspecified atom stereocenters. The van der Waals surface area contributed by atoms with E-state index < -0.39 is 29.6 Å². The topological polar surface area (TPSA) is 95.9 Å². The summed E-state index contributed by atoms with van der Waals surface area (Å²) in [6.45, 7) is 5.46. The van der Waals surface area contributed by atoms with Crippen molar-refractivity contribution in [3.8, 4) is 0 Å². The molecule has 9 heteroatoms. The van der Waals surface area contributed by atoms with E-state index in [1.165, 1.54) is 16.7 Å². The van der Waals surface area contributed by atoms with E-state index in [9.17, 15) is 19.5 Å². The summed E-state index contributed by atoms with van der Waals surface area (Å²) in [6.07, 6.45) is -0.658. The molecule has 1 aliphatic heterocycles. The fourth-order valence-electron chi connectivity index (χ4n) is 2.76. The molecular formula is C19H25ClN2O5S. The Hall–Kier alpha value is -1.93. The number of carbonyl (C=O) groups excluding carboxylic acids is 2. The molecule has 28 heavy (non-hydrogen) atoms. The fraction of sp³-hybridized carbons (Fsp3) is 0.526.